The van der Waals surface area contributed by atoms with Gasteiger partial charge in [0, 0.05) is 6.07 Å². The number of nitrogens with one attached hydrogen (secondary N) is 1. The molecule has 3 aromatic rings. The predicted molar refractivity (Wildman–Crippen MR) is 83.1 cm³/mol. The first-order chi connectivity index (χ1) is 11.1. The molecule has 0 fully saturated rings. The largest absolute Gasteiger partial charge is 0.395 e. The van der Waals surface area contributed by atoms with Crippen molar-refractivity contribution in [1.82, 2.24) is 19.7 Å². The Morgan fingerprint density at radius 3 is 2.91 bits per heavy atom. The average molecular weight is 313 g/mol. The molecule has 0 aliphatic carbocycles. The summed E-state index contributed by atoms with van der Waals surface area (Å²) in [6.07, 6.45) is 0.122. The normalized spacial score (nSPS) is 10.7. The number of H-pyrrole nitrogens is 1. The van der Waals surface area contributed by atoms with Gasteiger partial charge in [0.1, 0.15) is 0 Å². The second-order valence-corrected chi connectivity index (χ2v) is 4.86. The lowest BCUT2D eigenvalue weighted by atomic mass is 10.3. The van der Waals surface area contributed by atoms with Crippen molar-refractivity contribution in [2.45, 2.75) is 13.8 Å². The molecule has 0 unspecified atom stereocenters. The summed E-state index contributed by atoms with van der Waals surface area (Å²) in [5.74, 6) is 0.0241. The highest BCUT2D eigenvalue weighted by Crippen LogP contribution is 2.22. The summed E-state index contributed by atoms with van der Waals surface area (Å²) in [7, 11) is 0. The van der Waals surface area contributed by atoms with Crippen LogP contribution in [0.5, 0.6) is 0 Å². The van der Waals surface area contributed by atoms with Gasteiger partial charge >= 0.3 is 5.97 Å². The minimum Gasteiger partial charge on any atom is -0.331 e. The Labute approximate surface area is 131 Å². The van der Waals surface area contributed by atoms with E-state index >= 15 is 0 Å². The number of nitrogens with zero attached hydrogens (tertiary/aromatic N) is 4. The maximum atomic E-state index is 11.3. The smallest absolute Gasteiger partial charge is 0.331 e. The van der Waals surface area contributed by atoms with E-state index in [4.69, 9.17) is 4.84 Å². The van der Waals surface area contributed by atoms with Gasteiger partial charge in [-0.1, -0.05) is 12.1 Å². The Balaban J connectivity index is 2.05. The minimum absolute atomic E-state index is 0.122. The number of fused-ring (bicyclic) bond motifs is 1. The minimum atomic E-state index is -0.971. The molecule has 0 saturated heterocycles. The van der Waals surface area contributed by atoms with Crippen molar-refractivity contribution in [3.63, 3.8) is 0 Å². The molecule has 0 spiro atoms. The van der Waals surface area contributed by atoms with Gasteiger partial charge in [-0.3, -0.25) is 4.79 Å². The van der Waals surface area contributed by atoms with E-state index in [1.54, 1.807) is 13.0 Å². The Morgan fingerprint density at radius 1 is 1.43 bits per heavy atom. The number of hydrogen-bond donors (Lipinski definition) is 1. The topological polar surface area (TPSA) is 93.1 Å². The van der Waals surface area contributed by atoms with Crippen molar-refractivity contribution in [1.29, 1.82) is 0 Å². The lowest BCUT2D eigenvalue weighted by molar-refractivity contribution is -0.149. The zero-order valence-electron chi connectivity index (χ0n) is 12.7. The molecule has 0 aliphatic heterocycles. The average Bonchev–Trinajstić information content (AvgIpc) is 3.15. The fourth-order valence-electron chi connectivity index (χ4n) is 2.26. The van der Waals surface area contributed by atoms with E-state index in [9.17, 15) is 9.59 Å². The first kappa shape index (κ1) is 14.8. The maximum Gasteiger partial charge on any atom is 0.395 e. The molecule has 0 radical (unpaired) electrons. The summed E-state index contributed by atoms with van der Waals surface area (Å²) >= 11 is 0. The van der Waals surface area contributed by atoms with Crippen molar-refractivity contribution in [3.05, 3.63) is 36.0 Å². The zero-order chi connectivity index (χ0) is 16.4. The third kappa shape index (κ3) is 2.78. The number of imidazole rings is 1. The highest BCUT2D eigenvalue weighted by molar-refractivity contribution is 6.20. The second kappa shape index (κ2) is 5.91. The van der Waals surface area contributed by atoms with Gasteiger partial charge in [0.25, 0.3) is 0 Å². The number of aldehydes is 1. The van der Waals surface area contributed by atoms with E-state index in [2.05, 4.69) is 15.1 Å². The molecule has 0 aliphatic rings. The van der Waals surface area contributed by atoms with Crippen LogP contribution in [0.3, 0.4) is 0 Å². The van der Waals surface area contributed by atoms with E-state index in [-0.39, 0.29) is 6.29 Å². The van der Waals surface area contributed by atoms with Crippen LogP contribution in [0.15, 0.2) is 30.3 Å². The number of carbonyl (C=O) groups is 2. The molecule has 0 amide bonds. The van der Waals surface area contributed by atoms with Crippen LogP contribution in [-0.4, -0.2) is 38.5 Å². The van der Waals surface area contributed by atoms with Gasteiger partial charge in [-0.2, -0.15) is 14.8 Å². The van der Waals surface area contributed by atoms with E-state index in [1.807, 2.05) is 31.2 Å². The lowest BCUT2D eigenvalue weighted by Gasteiger charge is -2.19. The molecule has 8 nitrogen and oxygen atoms in total. The Morgan fingerprint density at radius 2 is 2.22 bits per heavy atom. The maximum absolute atomic E-state index is 11.3. The number of aromatic nitrogens is 4. The number of anilines is 1. The highest BCUT2D eigenvalue weighted by Gasteiger charge is 2.19. The van der Waals surface area contributed by atoms with Crippen LogP contribution in [0.2, 0.25) is 0 Å². The second-order valence-electron chi connectivity index (χ2n) is 4.86. The Kier molecular flexibility index (Phi) is 3.80. The number of hydroxylamine groups is 1. The Bertz CT molecular complexity index is 834. The molecule has 2 aromatic heterocycles. The SMILES string of the molecule is CCN(OC(=O)C=O)c1cc(C)nn1-c1nc2ccccc2[nH]1. The molecule has 3 rings (SSSR count). The van der Waals surface area contributed by atoms with E-state index < -0.39 is 5.97 Å². The fraction of sp³-hybridized carbons (Fsp3) is 0.200. The molecule has 8 heteroatoms. The summed E-state index contributed by atoms with van der Waals surface area (Å²) in [5.41, 5.74) is 2.39. The highest BCUT2D eigenvalue weighted by atomic mass is 16.7. The number of aryl methyl sites for hydroxylation is 1. The van der Waals surface area contributed by atoms with E-state index in [0.717, 1.165) is 16.7 Å². The molecule has 118 valence electrons. The van der Waals surface area contributed by atoms with Crippen LogP contribution in [0.25, 0.3) is 17.0 Å². The number of aromatic amines is 1. The Hall–Kier alpha value is -3.16. The molecule has 2 heterocycles. The van der Waals surface area contributed by atoms with Crippen LogP contribution in [0, 0.1) is 6.92 Å². The third-order valence-electron chi connectivity index (χ3n) is 3.23. The lowest BCUT2D eigenvalue weighted by Crippen LogP contribution is -2.29. The quantitative estimate of drug-likeness (QED) is 0.436. The van der Waals surface area contributed by atoms with Gasteiger partial charge in [-0.15, -0.1) is 0 Å². The fourth-order valence-corrected chi connectivity index (χ4v) is 2.26. The number of hydrogen-bond acceptors (Lipinski definition) is 6. The van der Waals surface area contributed by atoms with Gasteiger partial charge in [0.05, 0.1) is 23.3 Å². The van der Waals surface area contributed by atoms with E-state index in [0.29, 0.717) is 18.3 Å². The number of benzene rings is 1. The molecular formula is C15H15N5O3. The van der Waals surface area contributed by atoms with Crippen LogP contribution in [0.4, 0.5) is 5.82 Å². The summed E-state index contributed by atoms with van der Waals surface area (Å²) < 4.78 is 1.54. The molecule has 1 aromatic carbocycles. The van der Waals surface area contributed by atoms with E-state index in [1.165, 1.54) is 9.75 Å². The standard InChI is InChI=1S/C15H15N5O3/c1-3-19(23-14(22)9-21)13-8-10(2)18-20(13)15-16-11-6-4-5-7-12(11)17-15/h4-9H,3H2,1-2H3,(H,16,17). The summed E-state index contributed by atoms with van der Waals surface area (Å²) in [4.78, 5) is 34.4. The van der Waals surface area contributed by atoms with Crippen molar-refractivity contribution < 1.29 is 14.4 Å². The van der Waals surface area contributed by atoms with Crippen molar-refractivity contribution in [3.8, 4) is 5.95 Å². The van der Waals surface area contributed by atoms with Gasteiger partial charge < -0.3 is 9.82 Å². The number of carbonyl (C=O) groups excluding carboxylic acids is 2. The first-order valence-corrected chi connectivity index (χ1v) is 7.08. The predicted octanol–water partition coefficient (Wildman–Crippen LogP) is 1.54. The van der Waals surface area contributed by atoms with Crippen molar-refractivity contribution in [2.24, 2.45) is 0 Å². The van der Waals surface area contributed by atoms with Crippen molar-refractivity contribution >= 4 is 29.1 Å². The van der Waals surface area contributed by atoms with Gasteiger partial charge in [-0.05, 0) is 26.0 Å². The third-order valence-corrected chi connectivity index (χ3v) is 3.23. The summed E-state index contributed by atoms with van der Waals surface area (Å²) in [5, 5.41) is 5.68. The zero-order valence-corrected chi connectivity index (χ0v) is 12.7. The van der Waals surface area contributed by atoms with Crippen LogP contribution in [0.1, 0.15) is 12.6 Å². The number of rotatable bonds is 5. The molecule has 23 heavy (non-hydrogen) atoms. The molecule has 0 atom stereocenters. The van der Waals surface area contributed by atoms with Gasteiger partial charge in [0.15, 0.2) is 5.82 Å². The van der Waals surface area contributed by atoms with Crippen LogP contribution < -0.4 is 5.06 Å². The van der Waals surface area contributed by atoms with Gasteiger partial charge in [0.2, 0.25) is 12.2 Å². The summed E-state index contributed by atoms with van der Waals surface area (Å²) in [6.45, 7) is 3.96. The first-order valence-electron chi connectivity index (χ1n) is 7.08. The van der Waals surface area contributed by atoms with Gasteiger partial charge in [-0.25, -0.2) is 9.78 Å². The molecular weight excluding hydrogens is 298 g/mol. The van der Waals surface area contributed by atoms with Crippen LogP contribution in [-0.2, 0) is 14.4 Å². The summed E-state index contributed by atoms with van der Waals surface area (Å²) in [6, 6.07) is 9.34. The molecule has 1 N–H and O–H groups in total. The number of para-hydroxylation sites is 2. The molecule has 0 bridgehead atoms. The van der Waals surface area contributed by atoms with Crippen LogP contribution >= 0.6 is 0 Å². The molecule has 0 saturated carbocycles. The van der Waals surface area contributed by atoms with Crippen molar-refractivity contribution in [2.75, 3.05) is 11.6 Å². The monoisotopic (exact) mass is 313 g/mol.